The zero-order chi connectivity index (χ0) is 13.8. The molecule has 1 heterocycles. The van der Waals surface area contributed by atoms with Crippen molar-refractivity contribution in [1.82, 2.24) is 9.55 Å². The van der Waals surface area contributed by atoms with Crippen LogP contribution >= 0.6 is 0 Å². The van der Waals surface area contributed by atoms with Crippen molar-refractivity contribution in [2.45, 2.75) is 19.8 Å². The largest absolute Gasteiger partial charge is 0.462 e. The third-order valence-electron chi connectivity index (χ3n) is 3.01. The Labute approximate surface area is 112 Å². The van der Waals surface area contributed by atoms with Crippen LogP contribution in [-0.4, -0.2) is 22.1 Å². The van der Waals surface area contributed by atoms with E-state index < -0.39 is 0 Å². The van der Waals surface area contributed by atoms with Crippen molar-refractivity contribution in [1.29, 1.82) is 0 Å². The van der Waals surface area contributed by atoms with Gasteiger partial charge in [0, 0.05) is 19.0 Å². The summed E-state index contributed by atoms with van der Waals surface area (Å²) in [5.41, 5.74) is 2.55. The molecule has 0 aliphatic rings. The van der Waals surface area contributed by atoms with E-state index in [2.05, 4.69) is 16.1 Å². The maximum atomic E-state index is 11.2. The first kappa shape index (κ1) is 13.3. The molecule has 0 spiro atoms. The lowest BCUT2D eigenvalue weighted by Gasteiger charge is -2.04. The van der Waals surface area contributed by atoms with Crippen molar-refractivity contribution in [2.75, 3.05) is 6.61 Å². The normalized spacial score (nSPS) is 10.6. The quantitative estimate of drug-likeness (QED) is 0.470. The van der Waals surface area contributed by atoms with Gasteiger partial charge in [-0.05, 0) is 25.5 Å². The SMILES string of the molecule is C=C(C)C(=O)OCCCc1nc2ccccc2n1C. The molecule has 2 aromatic rings. The molecule has 0 aliphatic heterocycles. The number of aryl methyl sites for hydroxylation is 2. The minimum absolute atomic E-state index is 0.329. The van der Waals surface area contributed by atoms with Crippen LogP contribution in [0.15, 0.2) is 36.4 Å². The van der Waals surface area contributed by atoms with Crippen LogP contribution in [0.1, 0.15) is 19.2 Å². The Kier molecular flexibility index (Phi) is 4.00. The number of benzene rings is 1. The molecular weight excluding hydrogens is 240 g/mol. The Bertz CT molecular complexity index is 614. The first-order chi connectivity index (χ1) is 9.09. The van der Waals surface area contributed by atoms with Gasteiger partial charge in [-0.15, -0.1) is 0 Å². The van der Waals surface area contributed by atoms with Gasteiger partial charge in [0.05, 0.1) is 17.6 Å². The van der Waals surface area contributed by atoms with Crippen LogP contribution < -0.4 is 0 Å². The molecule has 0 unspecified atom stereocenters. The molecule has 0 aliphatic carbocycles. The molecule has 0 atom stereocenters. The molecule has 4 heteroatoms. The van der Waals surface area contributed by atoms with Gasteiger partial charge in [0.15, 0.2) is 0 Å². The molecule has 19 heavy (non-hydrogen) atoms. The summed E-state index contributed by atoms with van der Waals surface area (Å²) >= 11 is 0. The molecule has 1 aromatic carbocycles. The van der Waals surface area contributed by atoms with Gasteiger partial charge in [0.2, 0.25) is 0 Å². The second-order valence-corrected chi connectivity index (χ2v) is 4.60. The highest BCUT2D eigenvalue weighted by Gasteiger charge is 2.07. The molecule has 0 amide bonds. The summed E-state index contributed by atoms with van der Waals surface area (Å²) in [5, 5.41) is 0. The van der Waals surface area contributed by atoms with Crippen molar-refractivity contribution < 1.29 is 9.53 Å². The lowest BCUT2D eigenvalue weighted by atomic mass is 10.3. The Hall–Kier alpha value is -2.10. The number of hydrogen-bond donors (Lipinski definition) is 0. The fourth-order valence-electron chi connectivity index (χ4n) is 1.94. The topological polar surface area (TPSA) is 44.1 Å². The smallest absolute Gasteiger partial charge is 0.333 e. The lowest BCUT2D eigenvalue weighted by molar-refractivity contribution is -0.139. The summed E-state index contributed by atoms with van der Waals surface area (Å²) in [7, 11) is 2.00. The third-order valence-corrected chi connectivity index (χ3v) is 3.01. The summed E-state index contributed by atoms with van der Waals surface area (Å²) in [5.74, 6) is 0.678. The highest BCUT2D eigenvalue weighted by molar-refractivity contribution is 5.86. The van der Waals surface area contributed by atoms with E-state index in [1.807, 2.05) is 31.3 Å². The molecule has 1 aromatic heterocycles. The van der Waals surface area contributed by atoms with E-state index >= 15 is 0 Å². The standard InChI is InChI=1S/C15H18N2O2/c1-11(2)15(18)19-10-6-9-14-16-12-7-4-5-8-13(12)17(14)3/h4-5,7-8H,1,6,9-10H2,2-3H3. The summed E-state index contributed by atoms with van der Waals surface area (Å²) in [6, 6.07) is 8.03. The highest BCUT2D eigenvalue weighted by Crippen LogP contribution is 2.15. The van der Waals surface area contributed by atoms with Crippen molar-refractivity contribution >= 4 is 17.0 Å². The maximum absolute atomic E-state index is 11.2. The molecule has 0 N–H and O–H groups in total. The average Bonchev–Trinajstić information content (AvgIpc) is 2.72. The predicted octanol–water partition coefficient (Wildman–Crippen LogP) is 2.63. The number of ether oxygens (including phenoxy) is 1. The number of para-hydroxylation sites is 2. The van der Waals surface area contributed by atoms with Gasteiger partial charge in [0.25, 0.3) is 0 Å². The minimum atomic E-state index is -0.329. The van der Waals surface area contributed by atoms with E-state index in [4.69, 9.17) is 4.74 Å². The van der Waals surface area contributed by atoms with Crippen molar-refractivity contribution in [2.24, 2.45) is 7.05 Å². The number of rotatable bonds is 5. The number of hydrogen-bond acceptors (Lipinski definition) is 3. The Morgan fingerprint density at radius 1 is 1.42 bits per heavy atom. The fraction of sp³-hybridized carbons (Fsp3) is 0.333. The van der Waals surface area contributed by atoms with Gasteiger partial charge in [-0.3, -0.25) is 0 Å². The molecule has 0 bridgehead atoms. The van der Waals surface area contributed by atoms with Crippen LogP contribution in [0.3, 0.4) is 0 Å². The summed E-state index contributed by atoms with van der Waals surface area (Å²) in [4.78, 5) is 15.8. The van der Waals surface area contributed by atoms with Crippen LogP contribution in [0, 0.1) is 0 Å². The fourth-order valence-corrected chi connectivity index (χ4v) is 1.94. The minimum Gasteiger partial charge on any atom is -0.462 e. The van der Waals surface area contributed by atoms with E-state index in [-0.39, 0.29) is 5.97 Å². The highest BCUT2D eigenvalue weighted by atomic mass is 16.5. The second-order valence-electron chi connectivity index (χ2n) is 4.60. The van der Waals surface area contributed by atoms with Crippen LogP contribution in [0.2, 0.25) is 0 Å². The van der Waals surface area contributed by atoms with Crippen molar-refractivity contribution in [3.63, 3.8) is 0 Å². The van der Waals surface area contributed by atoms with Gasteiger partial charge in [-0.2, -0.15) is 0 Å². The number of esters is 1. The average molecular weight is 258 g/mol. The van der Waals surface area contributed by atoms with Crippen LogP contribution in [-0.2, 0) is 23.0 Å². The van der Waals surface area contributed by atoms with E-state index in [1.54, 1.807) is 6.92 Å². The first-order valence-electron chi connectivity index (χ1n) is 6.32. The Balaban J connectivity index is 1.93. The van der Waals surface area contributed by atoms with Crippen molar-refractivity contribution in [3.05, 3.63) is 42.2 Å². The summed E-state index contributed by atoms with van der Waals surface area (Å²) < 4.78 is 7.14. The molecule has 4 nitrogen and oxygen atoms in total. The Morgan fingerprint density at radius 2 is 2.16 bits per heavy atom. The second kappa shape index (κ2) is 5.69. The molecule has 0 saturated carbocycles. The number of nitrogens with zero attached hydrogens (tertiary/aromatic N) is 2. The summed E-state index contributed by atoms with van der Waals surface area (Å²) in [6.07, 6.45) is 1.55. The van der Waals surface area contributed by atoms with Gasteiger partial charge in [-0.25, -0.2) is 9.78 Å². The lowest BCUT2D eigenvalue weighted by Crippen LogP contribution is -2.08. The van der Waals surface area contributed by atoms with Crippen LogP contribution in [0.25, 0.3) is 11.0 Å². The van der Waals surface area contributed by atoms with Gasteiger partial charge >= 0.3 is 5.97 Å². The molecular formula is C15H18N2O2. The zero-order valence-corrected chi connectivity index (χ0v) is 11.3. The van der Waals surface area contributed by atoms with E-state index in [9.17, 15) is 4.79 Å². The number of carbonyl (C=O) groups is 1. The van der Waals surface area contributed by atoms with Gasteiger partial charge < -0.3 is 9.30 Å². The van der Waals surface area contributed by atoms with Gasteiger partial charge in [0.1, 0.15) is 5.82 Å². The maximum Gasteiger partial charge on any atom is 0.333 e. The molecule has 100 valence electrons. The van der Waals surface area contributed by atoms with Crippen LogP contribution in [0.5, 0.6) is 0 Å². The van der Waals surface area contributed by atoms with Crippen molar-refractivity contribution in [3.8, 4) is 0 Å². The van der Waals surface area contributed by atoms with E-state index in [1.165, 1.54) is 0 Å². The molecule has 0 radical (unpaired) electrons. The number of aromatic nitrogens is 2. The molecule has 0 saturated heterocycles. The number of fused-ring (bicyclic) bond motifs is 1. The predicted molar refractivity (Wildman–Crippen MR) is 74.8 cm³/mol. The zero-order valence-electron chi connectivity index (χ0n) is 11.3. The number of imidazole rings is 1. The van der Waals surface area contributed by atoms with Gasteiger partial charge in [-0.1, -0.05) is 18.7 Å². The Morgan fingerprint density at radius 3 is 2.84 bits per heavy atom. The first-order valence-corrected chi connectivity index (χ1v) is 6.32. The summed E-state index contributed by atoms with van der Waals surface area (Å²) in [6.45, 7) is 5.59. The molecule has 2 rings (SSSR count). The molecule has 0 fully saturated rings. The third kappa shape index (κ3) is 3.02. The van der Waals surface area contributed by atoms with E-state index in [0.29, 0.717) is 12.2 Å². The monoisotopic (exact) mass is 258 g/mol. The van der Waals surface area contributed by atoms with Crippen LogP contribution in [0.4, 0.5) is 0 Å². The number of carbonyl (C=O) groups excluding carboxylic acids is 1. The van der Waals surface area contributed by atoms with E-state index in [0.717, 1.165) is 29.7 Å².